The van der Waals surface area contributed by atoms with Gasteiger partial charge in [0.1, 0.15) is 6.10 Å². The maximum absolute atomic E-state index is 13.2. The van der Waals surface area contributed by atoms with Crippen LogP contribution in [0.4, 0.5) is 0 Å². The van der Waals surface area contributed by atoms with E-state index in [4.69, 9.17) is 4.74 Å². The Balaban J connectivity index is 1.52. The Kier molecular flexibility index (Phi) is 4.57. The molecule has 5 nitrogen and oxygen atoms in total. The second-order valence-electron chi connectivity index (χ2n) is 8.04. The van der Waals surface area contributed by atoms with Crippen LogP contribution in [0.15, 0.2) is 30.3 Å². The summed E-state index contributed by atoms with van der Waals surface area (Å²) in [5.41, 5.74) is 4.25. The highest BCUT2D eigenvalue weighted by Crippen LogP contribution is 2.31. The number of ether oxygens (including phenoxy) is 1. The zero-order valence-electron chi connectivity index (χ0n) is 15.6. The third-order valence-corrected chi connectivity index (χ3v) is 5.65. The van der Waals surface area contributed by atoms with Gasteiger partial charge < -0.3 is 9.64 Å². The lowest BCUT2D eigenvalue weighted by molar-refractivity contribution is -0.154. The number of hydrogen-bond donors (Lipinski definition) is 1. The Morgan fingerprint density at radius 3 is 2.85 bits per heavy atom. The van der Waals surface area contributed by atoms with Crippen LogP contribution in [0.2, 0.25) is 0 Å². The predicted octanol–water partition coefficient (Wildman–Crippen LogP) is 3.21. The van der Waals surface area contributed by atoms with E-state index in [2.05, 4.69) is 36.2 Å². The van der Waals surface area contributed by atoms with E-state index in [1.165, 1.54) is 24.1 Å². The van der Waals surface area contributed by atoms with Crippen LogP contribution in [0.1, 0.15) is 55.3 Å². The monoisotopic (exact) mass is 353 g/mol. The van der Waals surface area contributed by atoms with Crippen LogP contribution in [-0.2, 0) is 28.8 Å². The number of carbonyl (C=O) groups is 1. The SMILES string of the molecule is CC1(C)COC(c2ccccc2)CN1C(=O)Cc1n[nH]c2c1CCCC2. The van der Waals surface area contributed by atoms with Crippen LogP contribution in [0.3, 0.4) is 0 Å². The number of morpholine rings is 1. The summed E-state index contributed by atoms with van der Waals surface area (Å²) in [6, 6.07) is 10.2. The van der Waals surface area contributed by atoms with Gasteiger partial charge in [-0.3, -0.25) is 9.89 Å². The van der Waals surface area contributed by atoms with Crippen LogP contribution in [0, 0.1) is 0 Å². The van der Waals surface area contributed by atoms with Gasteiger partial charge in [-0.1, -0.05) is 30.3 Å². The van der Waals surface area contributed by atoms with Crippen LogP contribution in [0.5, 0.6) is 0 Å². The Hall–Kier alpha value is -2.14. The molecular formula is C21H27N3O2. The third kappa shape index (κ3) is 3.28. The first-order valence-corrected chi connectivity index (χ1v) is 9.56. The molecule has 0 saturated carbocycles. The molecule has 1 aromatic heterocycles. The number of carbonyl (C=O) groups excluding carboxylic acids is 1. The van der Waals surface area contributed by atoms with E-state index in [0.717, 1.165) is 24.1 Å². The molecule has 0 spiro atoms. The molecule has 1 aliphatic carbocycles. The predicted molar refractivity (Wildman–Crippen MR) is 99.9 cm³/mol. The van der Waals surface area contributed by atoms with Crippen molar-refractivity contribution in [3.63, 3.8) is 0 Å². The van der Waals surface area contributed by atoms with Crippen LogP contribution >= 0.6 is 0 Å². The van der Waals surface area contributed by atoms with Gasteiger partial charge in [0, 0.05) is 5.69 Å². The van der Waals surface area contributed by atoms with Gasteiger partial charge >= 0.3 is 0 Å². The summed E-state index contributed by atoms with van der Waals surface area (Å²) in [5, 5.41) is 7.60. The Morgan fingerprint density at radius 2 is 2.04 bits per heavy atom. The molecule has 2 aromatic rings. The standard InChI is InChI=1S/C21H27N3O2/c1-21(2)14-26-19(15-8-4-3-5-9-15)13-24(21)20(25)12-18-16-10-6-7-11-17(16)22-23-18/h3-5,8-9,19H,6-7,10-14H2,1-2H3,(H,22,23). The molecule has 1 atom stereocenters. The van der Waals surface area contributed by atoms with E-state index in [9.17, 15) is 4.79 Å². The zero-order valence-corrected chi connectivity index (χ0v) is 15.6. The molecule has 5 heteroatoms. The molecule has 2 heterocycles. The number of aromatic amines is 1. The molecule has 26 heavy (non-hydrogen) atoms. The smallest absolute Gasteiger partial charge is 0.229 e. The molecule has 2 aliphatic rings. The van der Waals surface area contributed by atoms with Gasteiger partial charge in [0.2, 0.25) is 5.91 Å². The largest absolute Gasteiger partial charge is 0.369 e. The Bertz CT molecular complexity index is 782. The van der Waals surface area contributed by atoms with Crippen molar-refractivity contribution in [2.24, 2.45) is 0 Å². The third-order valence-electron chi connectivity index (χ3n) is 5.65. The highest BCUT2D eigenvalue weighted by Gasteiger charge is 2.38. The summed E-state index contributed by atoms with van der Waals surface area (Å²) >= 11 is 0. The molecule has 1 saturated heterocycles. The second kappa shape index (κ2) is 6.88. The van der Waals surface area contributed by atoms with Crippen molar-refractivity contribution in [2.75, 3.05) is 13.2 Å². The number of benzene rings is 1. The topological polar surface area (TPSA) is 58.2 Å². The summed E-state index contributed by atoms with van der Waals surface area (Å²) in [6.07, 6.45) is 4.78. The fraction of sp³-hybridized carbons (Fsp3) is 0.524. The first kappa shape index (κ1) is 17.3. The molecule has 138 valence electrons. The minimum Gasteiger partial charge on any atom is -0.369 e. The average molecular weight is 353 g/mol. The zero-order chi connectivity index (χ0) is 18.1. The van der Waals surface area contributed by atoms with Gasteiger partial charge in [0.05, 0.1) is 30.8 Å². The highest BCUT2D eigenvalue weighted by atomic mass is 16.5. The number of hydrogen-bond acceptors (Lipinski definition) is 3. The minimum absolute atomic E-state index is 0.0683. The van der Waals surface area contributed by atoms with Crippen molar-refractivity contribution < 1.29 is 9.53 Å². The van der Waals surface area contributed by atoms with Crippen LogP contribution < -0.4 is 0 Å². The van der Waals surface area contributed by atoms with Crippen LogP contribution in [0.25, 0.3) is 0 Å². The minimum atomic E-state index is -0.307. The van der Waals surface area contributed by atoms with E-state index in [-0.39, 0.29) is 17.6 Å². The van der Waals surface area contributed by atoms with E-state index < -0.39 is 0 Å². The molecule has 1 unspecified atom stereocenters. The number of nitrogens with zero attached hydrogens (tertiary/aromatic N) is 2. The van der Waals surface area contributed by atoms with Gasteiger partial charge in [-0.2, -0.15) is 5.10 Å². The summed E-state index contributed by atoms with van der Waals surface area (Å²) in [6.45, 7) is 5.28. The van der Waals surface area contributed by atoms with Crippen LogP contribution in [-0.4, -0.2) is 39.7 Å². The fourth-order valence-electron chi connectivity index (χ4n) is 4.09. The molecule has 1 aliphatic heterocycles. The van der Waals surface area contributed by atoms with Gasteiger partial charge in [0.15, 0.2) is 0 Å². The van der Waals surface area contributed by atoms with E-state index >= 15 is 0 Å². The van der Waals surface area contributed by atoms with Crippen molar-refractivity contribution in [2.45, 2.75) is 57.6 Å². The fourth-order valence-corrected chi connectivity index (χ4v) is 4.09. The molecule has 0 bridgehead atoms. The van der Waals surface area contributed by atoms with Gasteiger partial charge in [-0.05, 0) is 50.7 Å². The quantitative estimate of drug-likeness (QED) is 0.922. The van der Waals surface area contributed by atoms with Crippen molar-refractivity contribution in [1.29, 1.82) is 0 Å². The lowest BCUT2D eigenvalue weighted by Crippen LogP contribution is -2.56. The second-order valence-corrected chi connectivity index (χ2v) is 8.04. The summed E-state index contributed by atoms with van der Waals surface area (Å²) in [5.74, 6) is 0.138. The number of H-pyrrole nitrogens is 1. The molecule has 0 radical (unpaired) electrons. The van der Waals surface area contributed by atoms with Crippen molar-refractivity contribution in [3.05, 3.63) is 52.8 Å². The van der Waals surface area contributed by atoms with Gasteiger partial charge in [-0.15, -0.1) is 0 Å². The van der Waals surface area contributed by atoms with Crippen molar-refractivity contribution in [1.82, 2.24) is 15.1 Å². The maximum atomic E-state index is 13.2. The number of nitrogens with one attached hydrogen (secondary N) is 1. The summed E-state index contributed by atoms with van der Waals surface area (Å²) < 4.78 is 6.07. The number of fused-ring (bicyclic) bond motifs is 1. The Labute approximate surface area is 154 Å². The van der Waals surface area contributed by atoms with E-state index in [0.29, 0.717) is 19.6 Å². The molecule has 1 aromatic carbocycles. The Morgan fingerprint density at radius 1 is 1.27 bits per heavy atom. The van der Waals surface area contributed by atoms with E-state index in [1.54, 1.807) is 0 Å². The number of amides is 1. The molecule has 1 fully saturated rings. The molecular weight excluding hydrogens is 326 g/mol. The lowest BCUT2D eigenvalue weighted by atomic mass is 9.94. The van der Waals surface area contributed by atoms with Gasteiger partial charge in [-0.25, -0.2) is 0 Å². The number of aromatic nitrogens is 2. The highest BCUT2D eigenvalue weighted by molar-refractivity contribution is 5.79. The molecule has 1 amide bonds. The normalized spacial score (nSPS) is 22.1. The summed E-state index contributed by atoms with van der Waals surface area (Å²) in [7, 11) is 0. The van der Waals surface area contributed by atoms with E-state index in [1.807, 2.05) is 23.1 Å². The first-order chi connectivity index (χ1) is 12.5. The number of rotatable bonds is 3. The lowest BCUT2D eigenvalue weighted by Gasteiger charge is -2.45. The summed E-state index contributed by atoms with van der Waals surface area (Å²) in [4.78, 5) is 15.1. The molecule has 4 rings (SSSR count). The van der Waals surface area contributed by atoms with Gasteiger partial charge in [0.25, 0.3) is 0 Å². The number of aryl methyl sites for hydroxylation is 1. The van der Waals surface area contributed by atoms with Crippen molar-refractivity contribution in [3.8, 4) is 0 Å². The first-order valence-electron chi connectivity index (χ1n) is 9.56. The molecule has 1 N–H and O–H groups in total. The maximum Gasteiger partial charge on any atom is 0.229 e. The van der Waals surface area contributed by atoms with Crippen molar-refractivity contribution >= 4 is 5.91 Å². The average Bonchev–Trinajstić information content (AvgIpc) is 3.05.